The molecule has 4 nitrogen and oxygen atoms in total. The number of carbonyl (C=O) groups is 1. The van der Waals surface area contributed by atoms with Crippen molar-refractivity contribution in [3.8, 4) is 0 Å². The van der Waals surface area contributed by atoms with Crippen LogP contribution >= 0.6 is 28.1 Å². The monoisotopic (exact) mass is 430 g/mol. The fraction of sp³-hybridized carbons (Fsp3) is 0.200. The minimum absolute atomic E-state index is 0.338. The number of ether oxygens (including phenoxy) is 1. The van der Waals surface area contributed by atoms with E-state index in [0.717, 1.165) is 21.3 Å². The van der Waals surface area contributed by atoms with E-state index in [1.807, 2.05) is 66.4 Å². The van der Waals surface area contributed by atoms with Crippen molar-refractivity contribution in [1.82, 2.24) is 10.2 Å². The standard InChI is InChI=1S/C20H19BrN2O2S/c1-13-17(19(24)25-2)18(15-8-10-16(21)11-9-15)22-20(26)23(13)12-14-6-4-3-5-7-14/h3-11,18H,12H2,1-2H3,(H,22,26)/t18-/m0/s1. The van der Waals surface area contributed by atoms with Crippen LogP contribution in [0.25, 0.3) is 0 Å². The summed E-state index contributed by atoms with van der Waals surface area (Å²) in [6.07, 6.45) is 0. The molecule has 0 fully saturated rings. The second-order valence-corrected chi connectivity index (χ2v) is 7.30. The maximum Gasteiger partial charge on any atom is 0.337 e. The quantitative estimate of drug-likeness (QED) is 0.577. The number of nitrogens with zero attached hydrogens (tertiary/aromatic N) is 1. The van der Waals surface area contributed by atoms with E-state index in [0.29, 0.717) is 17.2 Å². The molecule has 134 valence electrons. The molecule has 0 bridgehead atoms. The smallest absolute Gasteiger partial charge is 0.337 e. The summed E-state index contributed by atoms with van der Waals surface area (Å²) in [5.74, 6) is -0.358. The Morgan fingerprint density at radius 2 is 1.85 bits per heavy atom. The van der Waals surface area contributed by atoms with Crippen molar-refractivity contribution in [2.24, 2.45) is 0 Å². The highest BCUT2D eigenvalue weighted by Gasteiger charge is 2.34. The highest BCUT2D eigenvalue weighted by molar-refractivity contribution is 9.10. The van der Waals surface area contributed by atoms with Crippen molar-refractivity contribution in [3.05, 3.63) is 81.5 Å². The third kappa shape index (κ3) is 3.81. The Bertz CT molecular complexity index is 850. The van der Waals surface area contributed by atoms with E-state index >= 15 is 0 Å². The molecule has 0 saturated heterocycles. The number of allylic oxidation sites excluding steroid dienone is 1. The molecule has 1 N–H and O–H groups in total. The van der Waals surface area contributed by atoms with Crippen LogP contribution in [-0.2, 0) is 16.1 Å². The molecule has 1 atom stereocenters. The van der Waals surface area contributed by atoms with Crippen molar-refractivity contribution in [3.63, 3.8) is 0 Å². The lowest BCUT2D eigenvalue weighted by atomic mass is 9.95. The first kappa shape index (κ1) is 18.6. The number of thiocarbonyl (C=S) groups is 1. The molecule has 1 aliphatic rings. The predicted octanol–water partition coefficient (Wildman–Crippen LogP) is 4.33. The van der Waals surface area contributed by atoms with E-state index in [9.17, 15) is 4.79 Å². The fourth-order valence-electron chi connectivity index (χ4n) is 3.02. The van der Waals surface area contributed by atoms with Gasteiger partial charge < -0.3 is 15.0 Å². The Kier molecular flexibility index (Phi) is 5.74. The Morgan fingerprint density at radius 1 is 1.19 bits per heavy atom. The number of halogens is 1. The van der Waals surface area contributed by atoms with E-state index in [-0.39, 0.29) is 12.0 Å². The minimum atomic E-state index is -0.358. The van der Waals surface area contributed by atoms with E-state index in [1.165, 1.54) is 7.11 Å². The first-order valence-corrected chi connectivity index (χ1v) is 9.38. The summed E-state index contributed by atoms with van der Waals surface area (Å²) in [7, 11) is 1.40. The predicted molar refractivity (Wildman–Crippen MR) is 109 cm³/mol. The van der Waals surface area contributed by atoms with E-state index < -0.39 is 0 Å². The van der Waals surface area contributed by atoms with Crippen molar-refractivity contribution in [1.29, 1.82) is 0 Å². The second kappa shape index (κ2) is 8.01. The molecule has 0 aromatic heterocycles. The molecule has 6 heteroatoms. The van der Waals surface area contributed by atoms with Gasteiger partial charge in [-0.2, -0.15) is 0 Å². The molecular weight excluding hydrogens is 412 g/mol. The SMILES string of the molecule is COC(=O)C1=C(C)N(Cc2ccccc2)C(=S)N[C@H]1c1ccc(Br)cc1. The van der Waals surface area contributed by atoms with Gasteiger partial charge in [-0.15, -0.1) is 0 Å². The highest BCUT2D eigenvalue weighted by atomic mass is 79.9. The lowest BCUT2D eigenvalue weighted by Crippen LogP contribution is -2.47. The summed E-state index contributed by atoms with van der Waals surface area (Å²) in [6.45, 7) is 2.50. The summed E-state index contributed by atoms with van der Waals surface area (Å²) < 4.78 is 6.03. The molecular formula is C20H19BrN2O2S. The normalized spacial score (nSPS) is 17.1. The van der Waals surface area contributed by atoms with Crippen LogP contribution in [0.15, 0.2) is 70.3 Å². The maximum absolute atomic E-state index is 12.5. The zero-order valence-electron chi connectivity index (χ0n) is 14.5. The topological polar surface area (TPSA) is 41.6 Å². The fourth-order valence-corrected chi connectivity index (χ4v) is 3.60. The van der Waals surface area contributed by atoms with Gasteiger partial charge in [0.25, 0.3) is 0 Å². The Balaban J connectivity index is 2.02. The van der Waals surface area contributed by atoms with Gasteiger partial charge in [-0.05, 0) is 42.4 Å². The number of carbonyl (C=O) groups excluding carboxylic acids is 1. The van der Waals surface area contributed by atoms with Crippen LogP contribution in [0.5, 0.6) is 0 Å². The Labute approximate surface area is 167 Å². The average molecular weight is 431 g/mol. The first-order chi connectivity index (χ1) is 12.5. The summed E-state index contributed by atoms with van der Waals surface area (Å²) in [4.78, 5) is 14.5. The largest absolute Gasteiger partial charge is 0.466 e. The van der Waals surface area contributed by atoms with Crippen LogP contribution in [0, 0.1) is 0 Å². The third-order valence-electron chi connectivity index (χ3n) is 4.39. The van der Waals surface area contributed by atoms with Gasteiger partial charge in [0.15, 0.2) is 5.11 Å². The van der Waals surface area contributed by atoms with Crippen molar-refractivity contribution in [2.75, 3.05) is 7.11 Å². The summed E-state index contributed by atoms with van der Waals surface area (Å²) in [6, 6.07) is 17.5. The molecule has 3 rings (SSSR count). The molecule has 0 amide bonds. The van der Waals surface area contributed by atoms with Gasteiger partial charge in [0.05, 0.1) is 18.7 Å². The average Bonchev–Trinajstić information content (AvgIpc) is 2.65. The van der Waals surface area contributed by atoms with Gasteiger partial charge in [0, 0.05) is 16.7 Å². The Hall–Kier alpha value is -2.18. The molecule has 2 aromatic carbocycles. The number of methoxy groups -OCH3 is 1. The highest BCUT2D eigenvalue weighted by Crippen LogP contribution is 2.32. The number of esters is 1. The van der Waals surface area contributed by atoms with Crippen LogP contribution in [0.4, 0.5) is 0 Å². The van der Waals surface area contributed by atoms with Crippen molar-refractivity contribution in [2.45, 2.75) is 19.5 Å². The van der Waals surface area contributed by atoms with E-state index in [2.05, 4.69) is 21.2 Å². The molecule has 0 spiro atoms. The zero-order valence-corrected chi connectivity index (χ0v) is 16.9. The van der Waals surface area contributed by atoms with E-state index in [4.69, 9.17) is 17.0 Å². The molecule has 0 radical (unpaired) electrons. The van der Waals surface area contributed by atoms with Crippen LogP contribution in [-0.4, -0.2) is 23.1 Å². The summed E-state index contributed by atoms with van der Waals surface area (Å²) in [5.41, 5.74) is 3.44. The molecule has 0 saturated carbocycles. The van der Waals surface area contributed by atoms with Gasteiger partial charge in [-0.1, -0.05) is 58.4 Å². The molecule has 26 heavy (non-hydrogen) atoms. The van der Waals surface area contributed by atoms with Gasteiger partial charge in [-0.3, -0.25) is 0 Å². The molecule has 1 heterocycles. The number of hydrogen-bond donors (Lipinski definition) is 1. The van der Waals surface area contributed by atoms with Crippen LogP contribution in [0.3, 0.4) is 0 Å². The summed E-state index contributed by atoms with van der Waals surface area (Å²) in [5, 5.41) is 3.89. The van der Waals surface area contributed by atoms with E-state index in [1.54, 1.807) is 0 Å². The summed E-state index contributed by atoms with van der Waals surface area (Å²) >= 11 is 9.04. The number of benzene rings is 2. The van der Waals surface area contributed by atoms with Gasteiger partial charge in [-0.25, -0.2) is 4.79 Å². The van der Waals surface area contributed by atoms with Crippen molar-refractivity contribution < 1.29 is 9.53 Å². The zero-order chi connectivity index (χ0) is 18.7. The number of nitrogens with one attached hydrogen (secondary N) is 1. The first-order valence-electron chi connectivity index (χ1n) is 8.17. The molecule has 0 unspecified atom stereocenters. The van der Waals surface area contributed by atoms with Crippen LogP contribution < -0.4 is 5.32 Å². The van der Waals surface area contributed by atoms with Crippen molar-refractivity contribution >= 4 is 39.2 Å². The molecule has 0 aliphatic carbocycles. The maximum atomic E-state index is 12.5. The molecule has 2 aromatic rings. The van der Waals surface area contributed by atoms with Gasteiger partial charge >= 0.3 is 5.97 Å². The van der Waals surface area contributed by atoms with Gasteiger partial charge in [0.1, 0.15) is 0 Å². The lowest BCUT2D eigenvalue weighted by molar-refractivity contribution is -0.136. The molecule has 1 aliphatic heterocycles. The number of hydrogen-bond acceptors (Lipinski definition) is 3. The third-order valence-corrected chi connectivity index (χ3v) is 5.26. The lowest BCUT2D eigenvalue weighted by Gasteiger charge is -2.37. The van der Waals surface area contributed by atoms with Crippen LogP contribution in [0.2, 0.25) is 0 Å². The Morgan fingerprint density at radius 3 is 2.46 bits per heavy atom. The second-order valence-electron chi connectivity index (χ2n) is 6.00. The van der Waals surface area contributed by atoms with Crippen LogP contribution in [0.1, 0.15) is 24.1 Å². The number of rotatable bonds is 4. The minimum Gasteiger partial charge on any atom is -0.466 e. The van der Waals surface area contributed by atoms with Gasteiger partial charge in [0.2, 0.25) is 0 Å².